The van der Waals surface area contributed by atoms with Crippen LogP contribution in [0.3, 0.4) is 0 Å². The average molecular weight is 459 g/mol. The van der Waals surface area contributed by atoms with Gasteiger partial charge in [-0.3, -0.25) is 9.10 Å². The fourth-order valence-electron chi connectivity index (χ4n) is 2.92. The van der Waals surface area contributed by atoms with Gasteiger partial charge in [0, 0.05) is 12.6 Å². The van der Waals surface area contributed by atoms with Crippen LogP contribution in [-0.4, -0.2) is 43.9 Å². The van der Waals surface area contributed by atoms with Gasteiger partial charge in [0.1, 0.15) is 5.75 Å². The first-order chi connectivity index (χ1) is 15.2. The Hall–Kier alpha value is -3.40. The Morgan fingerprint density at radius 3 is 2.56 bits per heavy atom. The second-order valence-corrected chi connectivity index (χ2v) is 9.35. The van der Waals surface area contributed by atoms with Crippen LogP contribution in [-0.2, 0) is 21.4 Å². The molecule has 0 saturated carbocycles. The summed E-state index contributed by atoms with van der Waals surface area (Å²) in [5.74, 6) is 0.885. The second kappa shape index (κ2) is 9.82. The summed E-state index contributed by atoms with van der Waals surface area (Å²) in [5.41, 5.74) is 2.42. The van der Waals surface area contributed by atoms with Crippen molar-refractivity contribution in [2.45, 2.75) is 32.9 Å². The van der Waals surface area contributed by atoms with Gasteiger partial charge in [-0.2, -0.15) is 4.98 Å². The minimum absolute atomic E-state index is 0.0790. The molecule has 10 heteroatoms. The van der Waals surface area contributed by atoms with E-state index >= 15 is 0 Å². The molecular weight excluding hydrogens is 432 g/mol. The third kappa shape index (κ3) is 5.85. The predicted octanol–water partition coefficient (Wildman–Crippen LogP) is 2.91. The van der Waals surface area contributed by atoms with Crippen LogP contribution < -0.4 is 14.4 Å². The molecule has 0 unspecified atom stereocenters. The Kier molecular flexibility index (Phi) is 7.14. The molecule has 0 spiro atoms. The molecule has 0 aliphatic heterocycles. The summed E-state index contributed by atoms with van der Waals surface area (Å²) in [6, 6.07) is 14.2. The molecule has 1 amide bonds. The van der Waals surface area contributed by atoms with Crippen LogP contribution in [0.5, 0.6) is 5.75 Å². The zero-order chi connectivity index (χ0) is 23.3. The van der Waals surface area contributed by atoms with E-state index in [-0.39, 0.29) is 18.3 Å². The number of rotatable bonds is 9. The van der Waals surface area contributed by atoms with Crippen molar-refractivity contribution < 1.29 is 22.5 Å². The molecule has 9 nitrogen and oxygen atoms in total. The molecule has 1 N–H and O–H groups in total. The van der Waals surface area contributed by atoms with E-state index in [1.54, 1.807) is 24.3 Å². The van der Waals surface area contributed by atoms with Gasteiger partial charge in [0.25, 0.3) is 5.91 Å². The molecular formula is C22H26N4O5S. The van der Waals surface area contributed by atoms with Gasteiger partial charge in [0.2, 0.25) is 21.7 Å². The zero-order valence-corrected chi connectivity index (χ0v) is 19.2. The van der Waals surface area contributed by atoms with Crippen LogP contribution in [0, 0.1) is 6.92 Å². The highest BCUT2D eigenvalue weighted by Gasteiger charge is 2.20. The van der Waals surface area contributed by atoms with Crippen LogP contribution in [0.15, 0.2) is 53.1 Å². The van der Waals surface area contributed by atoms with E-state index < -0.39 is 16.1 Å². The molecule has 2 aromatic carbocycles. The van der Waals surface area contributed by atoms with Gasteiger partial charge < -0.3 is 14.6 Å². The lowest BCUT2D eigenvalue weighted by Gasteiger charge is -2.19. The maximum atomic E-state index is 12.6. The minimum Gasteiger partial charge on any atom is -0.481 e. The fourth-order valence-corrected chi connectivity index (χ4v) is 3.42. The lowest BCUT2D eigenvalue weighted by molar-refractivity contribution is -0.128. The highest BCUT2D eigenvalue weighted by Crippen LogP contribution is 2.22. The molecule has 1 atom stereocenters. The van der Waals surface area contributed by atoms with Gasteiger partial charge in [0.05, 0.1) is 18.5 Å². The lowest BCUT2D eigenvalue weighted by atomic mass is 10.1. The average Bonchev–Trinajstić information content (AvgIpc) is 3.24. The lowest BCUT2D eigenvalue weighted by Crippen LogP contribution is -2.37. The van der Waals surface area contributed by atoms with E-state index in [0.717, 1.165) is 21.7 Å². The SMILES string of the molecule is CC[C@@H](Oc1ccc(N(C)S(C)(=O)=O)cc1)C(=O)NCc1nc(-c2cccc(C)c2)no1. The van der Waals surface area contributed by atoms with E-state index in [4.69, 9.17) is 9.26 Å². The number of benzene rings is 2. The molecule has 0 saturated heterocycles. The highest BCUT2D eigenvalue weighted by atomic mass is 32.2. The van der Waals surface area contributed by atoms with Crippen LogP contribution in [0.25, 0.3) is 11.4 Å². The van der Waals surface area contributed by atoms with Crippen molar-refractivity contribution >= 4 is 21.6 Å². The van der Waals surface area contributed by atoms with Crippen molar-refractivity contribution in [1.29, 1.82) is 0 Å². The summed E-state index contributed by atoms with van der Waals surface area (Å²) in [4.78, 5) is 16.9. The van der Waals surface area contributed by atoms with Gasteiger partial charge >= 0.3 is 0 Å². The first-order valence-corrected chi connectivity index (χ1v) is 11.9. The standard InChI is InChI=1S/C22H26N4O5S/c1-5-19(30-18-11-9-17(10-12-18)26(3)32(4,28)29)22(27)23-14-20-24-21(25-31-20)16-8-6-7-15(2)13-16/h6-13,19H,5,14H2,1-4H3,(H,23,27)/t19-/m1/s1. The largest absolute Gasteiger partial charge is 0.481 e. The van der Waals surface area contributed by atoms with E-state index in [0.29, 0.717) is 23.7 Å². The fraction of sp³-hybridized carbons (Fsp3) is 0.318. The van der Waals surface area contributed by atoms with Crippen molar-refractivity contribution in [3.8, 4) is 17.1 Å². The molecule has 0 fully saturated rings. The Bertz CT molecular complexity index is 1180. The number of aromatic nitrogens is 2. The number of hydrogen-bond donors (Lipinski definition) is 1. The molecule has 170 valence electrons. The first-order valence-electron chi connectivity index (χ1n) is 10.1. The van der Waals surface area contributed by atoms with E-state index in [9.17, 15) is 13.2 Å². The van der Waals surface area contributed by atoms with E-state index in [2.05, 4.69) is 15.5 Å². The van der Waals surface area contributed by atoms with Crippen molar-refractivity contribution in [3.05, 3.63) is 60.0 Å². The Balaban J connectivity index is 1.58. The predicted molar refractivity (Wildman–Crippen MR) is 121 cm³/mol. The van der Waals surface area contributed by atoms with Crippen molar-refractivity contribution in [2.75, 3.05) is 17.6 Å². The Labute approximate surface area is 187 Å². The summed E-state index contributed by atoms with van der Waals surface area (Å²) < 4.78 is 35.5. The van der Waals surface area contributed by atoms with Gasteiger partial charge in [-0.05, 0) is 43.7 Å². The van der Waals surface area contributed by atoms with E-state index in [1.807, 2.05) is 38.1 Å². The number of nitrogens with one attached hydrogen (secondary N) is 1. The summed E-state index contributed by atoms with van der Waals surface area (Å²) in [6.45, 7) is 3.89. The molecule has 0 bridgehead atoms. The topological polar surface area (TPSA) is 115 Å². The second-order valence-electron chi connectivity index (χ2n) is 7.34. The molecule has 0 aliphatic carbocycles. The van der Waals surface area contributed by atoms with Crippen LogP contribution >= 0.6 is 0 Å². The zero-order valence-electron chi connectivity index (χ0n) is 18.4. The number of sulfonamides is 1. The maximum absolute atomic E-state index is 12.6. The van der Waals surface area contributed by atoms with Crippen LogP contribution in [0.2, 0.25) is 0 Å². The smallest absolute Gasteiger partial charge is 0.261 e. The number of amides is 1. The third-order valence-corrected chi connectivity index (χ3v) is 6.00. The number of anilines is 1. The van der Waals surface area contributed by atoms with E-state index in [1.165, 1.54) is 7.05 Å². The summed E-state index contributed by atoms with van der Waals surface area (Å²) in [7, 11) is -1.89. The number of carbonyl (C=O) groups is 1. The normalized spacial score (nSPS) is 12.2. The maximum Gasteiger partial charge on any atom is 0.261 e. The number of carbonyl (C=O) groups excluding carboxylic acids is 1. The summed E-state index contributed by atoms with van der Waals surface area (Å²) >= 11 is 0. The number of hydrogen-bond acceptors (Lipinski definition) is 7. The van der Waals surface area contributed by atoms with Crippen molar-refractivity contribution in [2.24, 2.45) is 0 Å². The monoisotopic (exact) mass is 458 g/mol. The Morgan fingerprint density at radius 1 is 1.22 bits per heavy atom. The number of aryl methyl sites for hydroxylation is 1. The quantitative estimate of drug-likeness (QED) is 0.524. The summed E-state index contributed by atoms with van der Waals surface area (Å²) in [6.07, 6.45) is 0.838. The molecule has 3 aromatic rings. The van der Waals surface area contributed by atoms with Gasteiger partial charge in [-0.15, -0.1) is 0 Å². The third-order valence-electron chi connectivity index (χ3n) is 4.80. The summed E-state index contributed by atoms with van der Waals surface area (Å²) in [5, 5.41) is 6.71. The van der Waals surface area contributed by atoms with Crippen molar-refractivity contribution in [3.63, 3.8) is 0 Å². The number of ether oxygens (including phenoxy) is 1. The molecule has 0 radical (unpaired) electrons. The van der Waals surface area contributed by atoms with Gasteiger partial charge in [-0.25, -0.2) is 8.42 Å². The minimum atomic E-state index is -3.35. The molecule has 32 heavy (non-hydrogen) atoms. The molecule has 0 aliphatic rings. The first kappa shape index (κ1) is 23.3. The van der Waals surface area contributed by atoms with Crippen LogP contribution in [0.4, 0.5) is 5.69 Å². The highest BCUT2D eigenvalue weighted by molar-refractivity contribution is 7.92. The van der Waals surface area contributed by atoms with Crippen LogP contribution in [0.1, 0.15) is 24.8 Å². The van der Waals surface area contributed by atoms with Gasteiger partial charge in [-0.1, -0.05) is 35.8 Å². The Morgan fingerprint density at radius 2 is 1.94 bits per heavy atom. The number of nitrogens with zero attached hydrogens (tertiary/aromatic N) is 3. The van der Waals surface area contributed by atoms with Crippen molar-refractivity contribution in [1.82, 2.24) is 15.5 Å². The molecule has 1 aromatic heterocycles. The molecule has 3 rings (SSSR count). The molecule has 1 heterocycles. The van der Waals surface area contributed by atoms with Gasteiger partial charge in [0.15, 0.2) is 6.10 Å².